The molecular formula is C16H24N2O3. The van der Waals surface area contributed by atoms with Gasteiger partial charge in [-0.3, -0.25) is 9.59 Å². The largest absolute Gasteiger partial charge is 0.481 e. The smallest absolute Gasteiger partial charge is 0.303 e. The van der Waals surface area contributed by atoms with Crippen molar-refractivity contribution in [3.8, 4) is 0 Å². The topological polar surface area (TPSA) is 78.4 Å². The van der Waals surface area contributed by atoms with Crippen molar-refractivity contribution in [1.29, 1.82) is 0 Å². The quantitative estimate of drug-likeness (QED) is 0.611. The van der Waals surface area contributed by atoms with Gasteiger partial charge in [-0.25, -0.2) is 0 Å². The molecule has 1 rings (SSSR count). The Balaban J connectivity index is 2.33. The molecule has 0 saturated heterocycles. The van der Waals surface area contributed by atoms with Gasteiger partial charge in [0, 0.05) is 25.1 Å². The van der Waals surface area contributed by atoms with Gasteiger partial charge in [0.05, 0.1) is 0 Å². The maximum Gasteiger partial charge on any atom is 0.303 e. The van der Waals surface area contributed by atoms with Gasteiger partial charge < -0.3 is 15.7 Å². The molecule has 21 heavy (non-hydrogen) atoms. The number of unbranched alkanes of at least 4 members (excludes halogenated alkanes) is 2. The van der Waals surface area contributed by atoms with E-state index < -0.39 is 5.97 Å². The Morgan fingerprint density at radius 1 is 1.24 bits per heavy atom. The summed E-state index contributed by atoms with van der Waals surface area (Å²) in [7, 11) is 0. The molecule has 0 radical (unpaired) electrons. The fourth-order valence-electron chi connectivity index (χ4n) is 2.10. The Kier molecular flexibility index (Phi) is 7.46. The van der Waals surface area contributed by atoms with E-state index in [0.29, 0.717) is 0 Å². The summed E-state index contributed by atoms with van der Waals surface area (Å²) in [5.41, 5.74) is 1.92. The minimum absolute atomic E-state index is 0.0776. The van der Waals surface area contributed by atoms with Crippen molar-refractivity contribution in [3.63, 3.8) is 0 Å². The highest BCUT2D eigenvalue weighted by atomic mass is 16.4. The number of rotatable bonds is 9. The van der Waals surface area contributed by atoms with Crippen LogP contribution in [0.4, 0.5) is 5.69 Å². The number of carbonyl (C=O) groups is 2. The molecule has 5 heteroatoms. The first-order valence-electron chi connectivity index (χ1n) is 7.32. The van der Waals surface area contributed by atoms with Gasteiger partial charge in [-0.05, 0) is 44.0 Å². The summed E-state index contributed by atoms with van der Waals surface area (Å²) >= 11 is 0. The molecule has 1 aromatic carbocycles. The van der Waals surface area contributed by atoms with Crippen LogP contribution >= 0.6 is 0 Å². The molecule has 0 aliphatic rings. The lowest BCUT2D eigenvalue weighted by molar-refractivity contribution is -0.137. The van der Waals surface area contributed by atoms with Crippen LogP contribution < -0.4 is 10.6 Å². The lowest BCUT2D eigenvalue weighted by Gasteiger charge is -2.15. The molecule has 0 aliphatic heterocycles. The first-order chi connectivity index (χ1) is 9.99. The van der Waals surface area contributed by atoms with E-state index in [-0.39, 0.29) is 18.4 Å². The highest BCUT2D eigenvalue weighted by Gasteiger charge is 2.06. The average molecular weight is 292 g/mol. The molecule has 0 fully saturated rings. The number of carbonyl (C=O) groups excluding carboxylic acids is 1. The van der Waals surface area contributed by atoms with Gasteiger partial charge in [0.15, 0.2) is 0 Å². The molecule has 0 aliphatic carbocycles. The van der Waals surface area contributed by atoms with E-state index in [4.69, 9.17) is 5.11 Å². The van der Waals surface area contributed by atoms with Crippen LogP contribution in [-0.4, -0.2) is 23.5 Å². The predicted molar refractivity (Wildman–Crippen MR) is 83.3 cm³/mol. The summed E-state index contributed by atoms with van der Waals surface area (Å²) in [6, 6.07) is 7.96. The monoisotopic (exact) mass is 292 g/mol. The zero-order chi connectivity index (χ0) is 15.7. The highest BCUT2D eigenvalue weighted by Crippen LogP contribution is 2.17. The minimum Gasteiger partial charge on any atom is -0.481 e. The van der Waals surface area contributed by atoms with Crippen LogP contribution in [0.25, 0.3) is 0 Å². The van der Waals surface area contributed by atoms with Crippen LogP contribution in [0, 0.1) is 0 Å². The van der Waals surface area contributed by atoms with Gasteiger partial charge in [0.1, 0.15) is 0 Å². The SMILES string of the molecule is CC(=O)Nc1cccc(C(C)NCCCCCC(=O)O)c1. The van der Waals surface area contributed by atoms with Crippen molar-refractivity contribution in [2.45, 2.75) is 45.6 Å². The first kappa shape index (κ1) is 17.2. The zero-order valence-corrected chi connectivity index (χ0v) is 12.7. The normalized spacial score (nSPS) is 11.9. The second-order valence-electron chi connectivity index (χ2n) is 5.19. The van der Waals surface area contributed by atoms with E-state index in [1.54, 1.807) is 0 Å². The van der Waals surface area contributed by atoms with Crippen LogP contribution in [0.3, 0.4) is 0 Å². The van der Waals surface area contributed by atoms with Crippen LogP contribution in [0.15, 0.2) is 24.3 Å². The van der Waals surface area contributed by atoms with Crippen LogP contribution in [0.5, 0.6) is 0 Å². The number of nitrogens with one attached hydrogen (secondary N) is 2. The Hall–Kier alpha value is -1.88. The molecule has 0 spiro atoms. The van der Waals surface area contributed by atoms with Gasteiger partial charge >= 0.3 is 5.97 Å². The fraction of sp³-hybridized carbons (Fsp3) is 0.500. The number of aliphatic carboxylic acids is 1. The third-order valence-electron chi connectivity index (χ3n) is 3.22. The Bertz CT molecular complexity index is 474. The zero-order valence-electron chi connectivity index (χ0n) is 12.7. The molecule has 3 N–H and O–H groups in total. The molecule has 5 nitrogen and oxygen atoms in total. The third kappa shape index (κ3) is 7.46. The number of hydrogen-bond donors (Lipinski definition) is 3. The third-order valence-corrected chi connectivity index (χ3v) is 3.22. The van der Waals surface area contributed by atoms with E-state index in [9.17, 15) is 9.59 Å². The second-order valence-corrected chi connectivity index (χ2v) is 5.19. The molecule has 0 bridgehead atoms. The first-order valence-corrected chi connectivity index (χ1v) is 7.32. The van der Waals surface area contributed by atoms with E-state index in [1.807, 2.05) is 24.3 Å². The number of benzene rings is 1. The van der Waals surface area contributed by atoms with Crippen LogP contribution in [0.1, 0.15) is 51.1 Å². The number of anilines is 1. The molecule has 0 aromatic heterocycles. The lowest BCUT2D eigenvalue weighted by atomic mass is 10.1. The van der Waals surface area contributed by atoms with Gasteiger partial charge in [-0.15, -0.1) is 0 Å². The van der Waals surface area contributed by atoms with Gasteiger partial charge in [-0.2, -0.15) is 0 Å². The second kappa shape index (κ2) is 9.13. The lowest BCUT2D eigenvalue weighted by Crippen LogP contribution is -2.20. The standard InChI is InChI=1S/C16H24N2O3/c1-12(17-10-5-3-4-9-16(20)21)14-7-6-8-15(11-14)18-13(2)19/h6-8,11-12,17H,3-5,9-10H2,1-2H3,(H,18,19)(H,20,21). The van der Waals surface area contributed by atoms with Gasteiger partial charge in [0.2, 0.25) is 5.91 Å². The number of carboxylic acid groups (broad SMARTS) is 1. The summed E-state index contributed by atoms with van der Waals surface area (Å²) in [5, 5.41) is 14.7. The maximum absolute atomic E-state index is 11.0. The number of hydrogen-bond acceptors (Lipinski definition) is 3. The summed E-state index contributed by atoms with van der Waals surface area (Å²) in [5.74, 6) is -0.808. The molecule has 1 aromatic rings. The molecule has 1 unspecified atom stereocenters. The van der Waals surface area contributed by atoms with Crippen molar-refractivity contribution in [3.05, 3.63) is 29.8 Å². The summed E-state index contributed by atoms with van der Waals surface area (Å²) in [6.45, 7) is 4.42. The van der Waals surface area contributed by atoms with Crippen molar-refractivity contribution in [2.75, 3.05) is 11.9 Å². The molecule has 0 saturated carbocycles. The highest BCUT2D eigenvalue weighted by molar-refractivity contribution is 5.88. The summed E-state index contributed by atoms with van der Waals surface area (Å²) < 4.78 is 0. The predicted octanol–water partition coefficient (Wildman–Crippen LogP) is 2.94. The van der Waals surface area contributed by atoms with E-state index in [2.05, 4.69) is 17.6 Å². The van der Waals surface area contributed by atoms with Crippen LogP contribution in [-0.2, 0) is 9.59 Å². The summed E-state index contributed by atoms with van der Waals surface area (Å²) in [6.07, 6.45) is 2.85. The van der Waals surface area contributed by atoms with E-state index in [0.717, 1.165) is 37.1 Å². The molecule has 1 atom stereocenters. The number of carboxylic acids is 1. The average Bonchev–Trinajstić information content (AvgIpc) is 2.41. The maximum atomic E-state index is 11.0. The van der Waals surface area contributed by atoms with Gasteiger partial charge in [0.25, 0.3) is 0 Å². The fourth-order valence-corrected chi connectivity index (χ4v) is 2.10. The Morgan fingerprint density at radius 3 is 2.67 bits per heavy atom. The Labute approximate surface area is 125 Å². The van der Waals surface area contributed by atoms with Crippen LogP contribution in [0.2, 0.25) is 0 Å². The Morgan fingerprint density at radius 2 is 2.00 bits per heavy atom. The minimum atomic E-state index is -0.730. The summed E-state index contributed by atoms with van der Waals surface area (Å²) in [4.78, 5) is 21.4. The van der Waals surface area contributed by atoms with Crippen molar-refractivity contribution < 1.29 is 14.7 Å². The van der Waals surface area contributed by atoms with Crippen molar-refractivity contribution in [1.82, 2.24) is 5.32 Å². The number of amides is 1. The van der Waals surface area contributed by atoms with Gasteiger partial charge in [-0.1, -0.05) is 18.6 Å². The van der Waals surface area contributed by atoms with Crippen molar-refractivity contribution >= 4 is 17.6 Å². The van der Waals surface area contributed by atoms with E-state index >= 15 is 0 Å². The van der Waals surface area contributed by atoms with E-state index in [1.165, 1.54) is 6.92 Å². The molecule has 116 valence electrons. The molecular weight excluding hydrogens is 268 g/mol. The van der Waals surface area contributed by atoms with Crippen molar-refractivity contribution in [2.24, 2.45) is 0 Å². The molecule has 0 heterocycles. The molecule has 1 amide bonds.